The van der Waals surface area contributed by atoms with Crippen molar-refractivity contribution in [1.82, 2.24) is 10.2 Å². The molecule has 7 N–H and O–H groups in total. The number of nitrogens with one attached hydrogen (secondary N) is 3. The lowest BCUT2D eigenvalue weighted by Gasteiger charge is -2.53. The van der Waals surface area contributed by atoms with E-state index >= 15 is 4.39 Å². The van der Waals surface area contributed by atoms with Gasteiger partial charge >= 0.3 is 0 Å². The van der Waals surface area contributed by atoms with Gasteiger partial charge in [0, 0.05) is 29.7 Å². The number of anilines is 1. The number of phenols is 1. The van der Waals surface area contributed by atoms with Crippen LogP contribution in [0.4, 0.5) is 10.1 Å². The van der Waals surface area contributed by atoms with E-state index in [9.17, 15) is 29.4 Å². The van der Waals surface area contributed by atoms with Gasteiger partial charge in [0.25, 0.3) is 0 Å². The fourth-order valence-corrected chi connectivity index (χ4v) is 6.66. The number of hydrogen-bond donors (Lipinski definition) is 6. The van der Waals surface area contributed by atoms with Crippen molar-refractivity contribution in [3.63, 3.8) is 0 Å². The Kier molecular flexibility index (Phi) is 7.74. The number of primary amides is 1. The lowest BCUT2D eigenvalue weighted by Crippen LogP contribution is -2.69. The largest absolute Gasteiger partial charge is 0.505 e. The smallest absolute Gasteiger partial charge is 0.238 e. The number of fused-ring (bicyclic) bond motifs is 3. The SMILES string of the molecule is CC1=C2C(=O)c3c(O)c(NC(=O)CNCC(C)(C)C)cc(F)c3CC2CC2C(N(C)C)C(=O)C(C(N)=O)C(=N)C12O. The molecule has 5 atom stereocenters. The highest BCUT2D eigenvalue weighted by Crippen LogP contribution is 2.53. The highest BCUT2D eigenvalue weighted by atomic mass is 19.1. The average Bonchev–Trinajstić information content (AvgIpc) is 2.83. The minimum Gasteiger partial charge on any atom is -0.505 e. The van der Waals surface area contributed by atoms with E-state index in [1.807, 2.05) is 20.8 Å². The number of nitrogens with two attached hydrogens (primary N) is 1. The lowest BCUT2D eigenvalue weighted by atomic mass is 9.54. The first-order chi connectivity index (χ1) is 18.9. The molecule has 0 bridgehead atoms. The van der Waals surface area contributed by atoms with E-state index in [1.165, 1.54) is 6.92 Å². The number of benzene rings is 1. The number of likely N-dealkylation sites (N-methyl/N-ethyl adjacent to an activating group) is 1. The van der Waals surface area contributed by atoms with Gasteiger partial charge in [-0.05, 0) is 50.8 Å². The minimum atomic E-state index is -2.14. The molecule has 3 aliphatic rings. The summed E-state index contributed by atoms with van der Waals surface area (Å²) < 4.78 is 15.4. The van der Waals surface area contributed by atoms with Gasteiger partial charge in [-0.1, -0.05) is 20.8 Å². The van der Waals surface area contributed by atoms with E-state index in [2.05, 4.69) is 10.6 Å². The molecule has 0 aliphatic heterocycles. The number of allylic oxidation sites excluding steroid dienone is 1. The summed E-state index contributed by atoms with van der Waals surface area (Å²) in [7, 11) is 3.22. The van der Waals surface area contributed by atoms with Crippen molar-refractivity contribution in [2.45, 2.75) is 52.2 Å². The third-order valence-corrected chi connectivity index (χ3v) is 8.45. The highest BCUT2D eigenvalue weighted by molar-refractivity contribution is 6.26. The molecule has 1 aromatic rings. The Balaban J connectivity index is 1.76. The third-order valence-electron chi connectivity index (χ3n) is 8.45. The van der Waals surface area contributed by atoms with Crippen molar-refractivity contribution in [3.8, 4) is 5.75 Å². The lowest BCUT2D eigenvalue weighted by molar-refractivity contribution is -0.139. The molecular formula is C29H38FN5O6. The van der Waals surface area contributed by atoms with Gasteiger partial charge < -0.3 is 32.0 Å². The Bertz CT molecular complexity index is 1400. The number of rotatable bonds is 6. The zero-order valence-electron chi connectivity index (χ0n) is 24.1. The minimum absolute atomic E-state index is 0.0119. The van der Waals surface area contributed by atoms with Gasteiger partial charge in [0.05, 0.1) is 29.5 Å². The Labute approximate surface area is 237 Å². The van der Waals surface area contributed by atoms with Crippen LogP contribution in [0.25, 0.3) is 0 Å². The topological polar surface area (TPSA) is 186 Å². The van der Waals surface area contributed by atoms with Crippen molar-refractivity contribution in [2.75, 3.05) is 32.5 Å². The molecule has 4 rings (SSSR count). The molecule has 3 aliphatic carbocycles. The van der Waals surface area contributed by atoms with Crippen LogP contribution in [-0.4, -0.2) is 83.0 Å². The molecule has 2 amide bonds. The Morgan fingerprint density at radius 1 is 1.27 bits per heavy atom. The molecule has 5 unspecified atom stereocenters. The maximum atomic E-state index is 15.4. The monoisotopic (exact) mass is 571 g/mol. The number of carbonyl (C=O) groups is 4. The predicted molar refractivity (Wildman–Crippen MR) is 149 cm³/mol. The number of ketones is 2. The summed E-state index contributed by atoms with van der Waals surface area (Å²) in [6, 6.07) is -0.00802. The van der Waals surface area contributed by atoms with Crippen LogP contribution in [0.1, 0.15) is 50.0 Å². The van der Waals surface area contributed by atoms with E-state index in [-0.39, 0.29) is 52.8 Å². The number of halogens is 1. The van der Waals surface area contributed by atoms with Gasteiger partial charge in [0.15, 0.2) is 17.3 Å². The summed E-state index contributed by atoms with van der Waals surface area (Å²) in [6.07, 6.45) is 0.0386. The zero-order chi connectivity index (χ0) is 30.8. The molecule has 41 heavy (non-hydrogen) atoms. The second kappa shape index (κ2) is 10.4. The summed E-state index contributed by atoms with van der Waals surface area (Å²) in [4.78, 5) is 53.5. The van der Waals surface area contributed by atoms with Crippen molar-refractivity contribution in [2.24, 2.45) is 28.9 Å². The first kappa shape index (κ1) is 30.5. The van der Waals surface area contributed by atoms with Gasteiger partial charge in [-0.25, -0.2) is 4.39 Å². The van der Waals surface area contributed by atoms with E-state index in [1.54, 1.807) is 19.0 Å². The standard InChI is InChI=1S/C29H38FN5O6/c1-12-19-13(8-15-22(35(5)6)25(39)21(27(32)40)26(31)29(12,15)41)7-14-16(30)9-17(23(37)20(14)24(19)38)34-18(36)10-33-11-28(2,3)4/h9,13,15,21-22,31,33,37,41H,7-8,10-11H2,1-6H3,(H2,32,40)(H,34,36). The quantitative estimate of drug-likeness (QED) is 0.217. The summed E-state index contributed by atoms with van der Waals surface area (Å²) in [5, 5.41) is 37.2. The molecule has 1 saturated carbocycles. The number of aromatic hydroxyl groups is 1. The van der Waals surface area contributed by atoms with Crippen LogP contribution in [0.15, 0.2) is 17.2 Å². The van der Waals surface area contributed by atoms with Crippen LogP contribution in [-0.2, 0) is 20.8 Å². The third kappa shape index (κ3) is 4.98. The Morgan fingerprint density at radius 3 is 2.46 bits per heavy atom. The Morgan fingerprint density at radius 2 is 1.90 bits per heavy atom. The first-order valence-electron chi connectivity index (χ1n) is 13.5. The maximum absolute atomic E-state index is 15.4. The molecule has 222 valence electrons. The van der Waals surface area contributed by atoms with Crippen LogP contribution < -0.4 is 16.4 Å². The molecular weight excluding hydrogens is 533 g/mol. The van der Waals surface area contributed by atoms with E-state index in [4.69, 9.17) is 11.1 Å². The van der Waals surface area contributed by atoms with Crippen molar-refractivity contribution >= 4 is 34.8 Å². The molecule has 0 radical (unpaired) electrons. The molecule has 0 spiro atoms. The first-order valence-corrected chi connectivity index (χ1v) is 13.5. The predicted octanol–water partition coefficient (Wildman–Crippen LogP) is 1.16. The maximum Gasteiger partial charge on any atom is 0.238 e. The van der Waals surface area contributed by atoms with Crippen LogP contribution in [0.2, 0.25) is 0 Å². The number of Topliss-reactive ketones (excluding diaryl/α,β-unsaturated/α-hetero) is 2. The zero-order valence-corrected chi connectivity index (χ0v) is 24.1. The number of hydrogen-bond acceptors (Lipinski definition) is 9. The molecule has 12 heteroatoms. The fourth-order valence-electron chi connectivity index (χ4n) is 6.66. The molecule has 1 fully saturated rings. The molecule has 0 aromatic heterocycles. The van der Waals surface area contributed by atoms with Gasteiger partial charge in [-0.15, -0.1) is 0 Å². The molecule has 0 saturated heterocycles. The molecule has 11 nitrogen and oxygen atoms in total. The van der Waals surface area contributed by atoms with Crippen LogP contribution >= 0.6 is 0 Å². The molecule has 0 heterocycles. The second-order valence-corrected chi connectivity index (χ2v) is 12.8. The summed E-state index contributed by atoms with van der Waals surface area (Å²) in [6.45, 7) is 7.86. The van der Waals surface area contributed by atoms with Crippen LogP contribution in [0.5, 0.6) is 5.75 Å². The van der Waals surface area contributed by atoms with Crippen LogP contribution in [0, 0.1) is 34.4 Å². The van der Waals surface area contributed by atoms with E-state index < -0.39 is 70.1 Å². The van der Waals surface area contributed by atoms with E-state index in [0.29, 0.717) is 6.54 Å². The highest BCUT2D eigenvalue weighted by Gasteiger charge is 2.62. The number of carbonyl (C=O) groups excluding carboxylic acids is 4. The second-order valence-electron chi connectivity index (χ2n) is 12.8. The van der Waals surface area contributed by atoms with E-state index in [0.717, 1.165) is 6.07 Å². The fraction of sp³-hybridized carbons (Fsp3) is 0.552. The number of amides is 2. The van der Waals surface area contributed by atoms with Gasteiger partial charge in [-0.3, -0.25) is 24.1 Å². The normalized spacial score (nSPS) is 27.9. The number of nitrogens with zero attached hydrogens (tertiary/aromatic N) is 1. The average molecular weight is 572 g/mol. The van der Waals surface area contributed by atoms with Crippen molar-refractivity contribution in [3.05, 3.63) is 34.2 Å². The number of aliphatic hydroxyl groups is 1. The van der Waals surface area contributed by atoms with Gasteiger partial charge in [-0.2, -0.15) is 0 Å². The summed E-state index contributed by atoms with van der Waals surface area (Å²) in [5.41, 5.74) is 2.18. The van der Waals surface area contributed by atoms with Crippen LogP contribution in [0.3, 0.4) is 0 Å². The van der Waals surface area contributed by atoms with Crippen molar-refractivity contribution in [1.29, 1.82) is 5.41 Å². The van der Waals surface area contributed by atoms with Gasteiger partial charge in [0.1, 0.15) is 17.3 Å². The summed E-state index contributed by atoms with van der Waals surface area (Å²) in [5.74, 6) is -7.55. The summed E-state index contributed by atoms with van der Waals surface area (Å²) >= 11 is 0. The molecule has 1 aromatic carbocycles. The van der Waals surface area contributed by atoms with Crippen molar-refractivity contribution < 1.29 is 33.8 Å². The number of phenolic OH excluding ortho intramolecular Hbond substituents is 1. The Hall–Kier alpha value is -3.48. The van der Waals surface area contributed by atoms with Gasteiger partial charge in [0.2, 0.25) is 11.8 Å².